The minimum absolute atomic E-state index is 0.149. The third-order valence-electron chi connectivity index (χ3n) is 5.44. The van der Waals surface area contributed by atoms with E-state index < -0.39 is 11.9 Å². The van der Waals surface area contributed by atoms with Crippen LogP contribution in [0.2, 0.25) is 0 Å². The molecule has 38 heavy (non-hydrogen) atoms. The molecular formula is C30H36O8. The van der Waals surface area contributed by atoms with Gasteiger partial charge < -0.3 is 18.9 Å². The van der Waals surface area contributed by atoms with E-state index in [2.05, 4.69) is 6.58 Å². The van der Waals surface area contributed by atoms with E-state index in [0.29, 0.717) is 42.8 Å². The topological polar surface area (TPSA) is 105 Å². The molecule has 0 radical (unpaired) electrons. The second-order valence-electron chi connectivity index (χ2n) is 8.64. The average molecular weight is 525 g/mol. The van der Waals surface area contributed by atoms with Crippen LogP contribution < -0.4 is 0 Å². The van der Waals surface area contributed by atoms with E-state index in [1.165, 1.54) is 0 Å². The maximum absolute atomic E-state index is 12.8. The first kappa shape index (κ1) is 30.4. The van der Waals surface area contributed by atoms with Gasteiger partial charge >= 0.3 is 17.9 Å². The second-order valence-corrected chi connectivity index (χ2v) is 8.64. The molecule has 0 N–H and O–H groups in total. The molecule has 8 nitrogen and oxygen atoms in total. The molecular weight excluding hydrogens is 488 g/mol. The van der Waals surface area contributed by atoms with Crippen molar-refractivity contribution >= 4 is 23.7 Å². The van der Waals surface area contributed by atoms with Crippen molar-refractivity contribution in [3.63, 3.8) is 0 Å². The predicted molar refractivity (Wildman–Crippen MR) is 142 cm³/mol. The quantitative estimate of drug-likeness (QED) is 0.0873. The van der Waals surface area contributed by atoms with E-state index >= 15 is 0 Å². The number of benzene rings is 2. The Morgan fingerprint density at radius 1 is 0.658 bits per heavy atom. The maximum Gasteiger partial charge on any atom is 0.338 e. The van der Waals surface area contributed by atoms with E-state index in [9.17, 15) is 19.2 Å². The lowest BCUT2D eigenvalue weighted by Gasteiger charge is -2.09. The van der Waals surface area contributed by atoms with Gasteiger partial charge in [0.25, 0.3) is 0 Å². The highest BCUT2D eigenvalue weighted by molar-refractivity contribution is 6.14. The van der Waals surface area contributed by atoms with Crippen molar-refractivity contribution in [3.8, 4) is 0 Å². The van der Waals surface area contributed by atoms with Gasteiger partial charge in [-0.15, -0.1) is 0 Å². The summed E-state index contributed by atoms with van der Waals surface area (Å²) >= 11 is 0. The fourth-order valence-electron chi connectivity index (χ4n) is 3.40. The third-order valence-corrected chi connectivity index (χ3v) is 5.44. The molecule has 0 aliphatic rings. The van der Waals surface area contributed by atoms with Gasteiger partial charge in [0.1, 0.15) is 6.61 Å². The molecule has 0 atom stereocenters. The first-order chi connectivity index (χ1) is 18.4. The van der Waals surface area contributed by atoms with Crippen molar-refractivity contribution in [2.24, 2.45) is 0 Å². The minimum atomic E-state index is -0.518. The molecule has 0 spiro atoms. The van der Waals surface area contributed by atoms with Gasteiger partial charge in [-0.1, -0.05) is 55.1 Å². The lowest BCUT2D eigenvalue weighted by molar-refractivity contribution is -0.144. The average Bonchev–Trinajstić information content (AvgIpc) is 2.93. The number of ether oxygens (including phenoxy) is 4. The van der Waals surface area contributed by atoms with Crippen molar-refractivity contribution in [1.29, 1.82) is 0 Å². The van der Waals surface area contributed by atoms with Gasteiger partial charge in [0.05, 0.1) is 25.4 Å². The zero-order valence-electron chi connectivity index (χ0n) is 21.9. The first-order valence-corrected chi connectivity index (χ1v) is 12.8. The fraction of sp³-hybridized carbons (Fsp3) is 0.400. The highest BCUT2D eigenvalue weighted by Crippen LogP contribution is 2.16. The largest absolute Gasteiger partial charge is 0.466 e. The zero-order valence-corrected chi connectivity index (χ0v) is 21.9. The number of hydrogen-bond acceptors (Lipinski definition) is 8. The molecule has 0 saturated heterocycles. The van der Waals surface area contributed by atoms with Crippen LogP contribution in [0.1, 0.15) is 71.7 Å². The Kier molecular flexibility index (Phi) is 14.1. The van der Waals surface area contributed by atoms with E-state index in [0.717, 1.165) is 19.3 Å². The predicted octanol–water partition coefficient (Wildman–Crippen LogP) is 5.09. The summed E-state index contributed by atoms with van der Waals surface area (Å²) in [7, 11) is 0. The van der Waals surface area contributed by atoms with Crippen molar-refractivity contribution in [2.45, 2.75) is 45.4 Å². The lowest BCUT2D eigenvalue weighted by Crippen LogP contribution is -2.13. The Morgan fingerprint density at radius 3 is 1.97 bits per heavy atom. The molecule has 0 bridgehead atoms. The Morgan fingerprint density at radius 2 is 1.29 bits per heavy atom. The number of esters is 3. The molecule has 204 valence electrons. The molecule has 0 aromatic heterocycles. The van der Waals surface area contributed by atoms with Crippen molar-refractivity contribution in [1.82, 2.24) is 0 Å². The zero-order chi connectivity index (χ0) is 27.6. The van der Waals surface area contributed by atoms with Crippen molar-refractivity contribution in [2.75, 3.05) is 33.0 Å². The molecule has 2 aromatic carbocycles. The maximum atomic E-state index is 12.8. The smallest absolute Gasteiger partial charge is 0.338 e. The molecule has 0 unspecified atom stereocenters. The molecule has 8 heteroatoms. The number of ketones is 1. The van der Waals surface area contributed by atoms with Crippen LogP contribution in [0.25, 0.3) is 0 Å². The van der Waals surface area contributed by atoms with Gasteiger partial charge in [0, 0.05) is 29.7 Å². The molecule has 2 rings (SSSR count). The molecule has 2 aromatic rings. The SMILES string of the molecule is C=C(C)C(=O)OCCOCCCC(=O)OCCCCCCOC(=O)c1ccccc1C(=O)c1ccccc1. The first-order valence-electron chi connectivity index (χ1n) is 12.8. The standard InChI is InChI=1S/C30H36O8/c1-23(2)29(33)38-22-21-35-18-12-17-27(31)36-19-10-3-4-11-20-37-30(34)26-16-9-8-15-25(26)28(32)24-13-6-5-7-14-24/h5-9,13-16H,1,3-4,10-12,17-22H2,2H3. The summed E-state index contributed by atoms with van der Waals surface area (Å²) in [6, 6.07) is 15.5. The van der Waals surface area contributed by atoms with Crippen LogP contribution in [-0.2, 0) is 28.5 Å². The van der Waals surface area contributed by atoms with Crippen molar-refractivity contribution in [3.05, 3.63) is 83.4 Å². The highest BCUT2D eigenvalue weighted by Gasteiger charge is 2.18. The normalized spacial score (nSPS) is 10.4. The Labute approximate surface area is 223 Å². The molecule has 0 aliphatic carbocycles. The van der Waals surface area contributed by atoms with Gasteiger partial charge in [0.2, 0.25) is 0 Å². The Bertz CT molecular complexity index is 1060. The molecule has 0 amide bonds. The van der Waals surface area contributed by atoms with E-state index in [-0.39, 0.29) is 43.6 Å². The van der Waals surface area contributed by atoms with Crippen LogP contribution in [0.5, 0.6) is 0 Å². The van der Waals surface area contributed by atoms with E-state index in [4.69, 9.17) is 18.9 Å². The number of unbranched alkanes of at least 4 members (excludes halogenated alkanes) is 3. The molecule has 0 heterocycles. The third kappa shape index (κ3) is 11.5. The summed E-state index contributed by atoms with van der Waals surface area (Å²) < 4.78 is 20.8. The van der Waals surface area contributed by atoms with Crippen LogP contribution in [0.15, 0.2) is 66.7 Å². The van der Waals surface area contributed by atoms with E-state index in [1.807, 2.05) is 6.07 Å². The number of rotatable bonds is 18. The summed E-state index contributed by atoms with van der Waals surface area (Å²) in [5.41, 5.74) is 1.43. The molecule has 0 saturated carbocycles. The summed E-state index contributed by atoms with van der Waals surface area (Å²) in [6.07, 6.45) is 3.83. The van der Waals surface area contributed by atoms with Crippen LogP contribution in [0, 0.1) is 0 Å². The van der Waals surface area contributed by atoms with Gasteiger partial charge in [-0.05, 0) is 45.1 Å². The summed E-state index contributed by atoms with van der Waals surface area (Å²) in [6.45, 7) is 6.45. The summed E-state index contributed by atoms with van der Waals surface area (Å²) in [4.78, 5) is 48.3. The van der Waals surface area contributed by atoms with Crippen LogP contribution in [0.4, 0.5) is 0 Å². The number of hydrogen-bond donors (Lipinski definition) is 0. The van der Waals surface area contributed by atoms with Gasteiger partial charge in [0.15, 0.2) is 5.78 Å². The highest BCUT2D eigenvalue weighted by atomic mass is 16.6. The summed E-state index contributed by atoms with van der Waals surface area (Å²) in [5, 5.41) is 0. The minimum Gasteiger partial charge on any atom is -0.466 e. The Balaban J connectivity index is 1.51. The lowest BCUT2D eigenvalue weighted by atomic mass is 9.98. The van der Waals surface area contributed by atoms with E-state index in [1.54, 1.807) is 55.5 Å². The summed E-state index contributed by atoms with van der Waals surface area (Å²) in [5.74, 6) is -1.46. The van der Waals surface area contributed by atoms with Crippen LogP contribution in [-0.4, -0.2) is 56.7 Å². The van der Waals surface area contributed by atoms with Gasteiger partial charge in [-0.3, -0.25) is 9.59 Å². The number of carbonyl (C=O) groups is 4. The van der Waals surface area contributed by atoms with Gasteiger partial charge in [-0.2, -0.15) is 0 Å². The fourth-order valence-corrected chi connectivity index (χ4v) is 3.40. The molecule has 0 fully saturated rings. The van der Waals surface area contributed by atoms with Crippen molar-refractivity contribution < 1.29 is 38.1 Å². The van der Waals surface area contributed by atoms with Gasteiger partial charge in [-0.25, -0.2) is 9.59 Å². The van der Waals surface area contributed by atoms with Crippen LogP contribution in [0.3, 0.4) is 0 Å². The second kappa shape index (κ2) is 17.6. The Hall–Kier alpha value is -3.78. The molecule has 0 aliphatic heterocycles. The number of carbonyl (C=O) groups excluding carboxylic acids is 4. The van der Waals surface area contributed by atoms with Crippen LogP contribution >= 0.6 is 0 Å². The monoisotopic (exact) mass is 524 g/mol.